The Balaban J connectivity index is 2.41. The van der Waals surface area contributed by atoms with Crippen molar-refractivity contribution in [3.63, 3.8) is 0 Å². The minimum absolute atomic E-state index is 0.00708. The number of likely N-dealkylation sites (N-methyl/N-ethyl adjacent to an activating group) is 1. The molecule has 0 radical (unpaired) electrons. The molecule has 70 valence electrons. The van der Waals surface area contributed by atoms with Crippen molar-refractivity contribution in [2.24, 2.45) is 5.73 Å². The van der Waals surface area contributed by atoms with Crippen LogP contribution in [0.3, 0.4) is 0 Å². The Morgan fingerprint density at radius 3 is 3.23 bits per heavy atom. The Bertz CT molecular complexity index is 334. The van der Waals surface area contributed by atoms with E-state index in [1.807, 2.05) is 18.4 Å². The SMILES string of the molecule is CCN1CC(N)c2sccc2C1=O. The monoisotopic (exact) mass is 196 g/mol. The highest BCUT2D eigenvalue weighted by molar-refractivity contribution is 7.10. The lowest BCUT2D eigenvalue weighted by Crippen LogP contribution is -2.41. The molecule has 1 aliphatic heterocycles. The minimum Gasteiger partial charge on any atom is -0.337 e. The second-order valence-corrected chi connectivity index (χ2v) is 4.10. The Hall–Kier alpha value is -0.870. The van der Waals surface area contributed by atoms with Gasteiger partial charge >= 0.3 is 0 Å². The summed E-state index contributed by atoms with van der Waals surface area (Å²) in [6, 6.07) is 1.87. The van der Waals surface area contributed by atoms with Gasteiger partial charge in [-0.25, -0.2) is 0 Å². The van der Waals surface area contributed by atoms with Crippen molar-refractivity contribution < 1.29 is 4.79 Å². The summed E-state index contributed by atoms with van der Waals surface area (Å²) < 4.78 is 0. The molecule has 1 aromatic heterocycles. The summed E-state index contributed by atoms with van der Waals surface area (Å²) in [5.41, 5.74) is 6.73. The number of rotatable bonds is 1. The average Bonchev–Trinajstić information content (AvgIpc) is 2.60. The average molecular weight is 196 g/mol. The minimum atomic E-state index is 0.00708. The van der Waals surface area contributed by atoms with Gasteiger partial charge in [0.2, 0.25) is 0 Å². The van der Waals surface area contributed by atoms with Crippen LogP contribution in [-0.4, -0.2) is 23.9 Å². The fourth-order valence-corrected chi connectivity index (χ4v) is 2.51. The number of thiophene rings is 1. The highest BCUT2D eigenvalue weighted by Gasteiger charge is 2.28. The molecule has 1 unspecified atom stereocenters. The van der Waals surface area contributed by atoms with E-state index in [0.717, 1.165) is 17.0 Å². The van der Waals surface area contributed by atoms with Gasteiger partial charge in [-0.2, -0.15) is 0 Å². The van der Waals surface area contributed by atoms with Crippen LogP contribution in [0.5, 0.6) is 0 Å². The number of nitrogens with two attached hydrogens (primary N) is 1. The standard InChI is InChI=1S/C9H12N2OS/c1-2-11-5-7(10)8-6(9(11)12)3-4-13-8/h3-4,7H,2,5,10H2,1H3. The van der Waals surface area contributed by atoms with Gasteiger partial charge in [0.15, 0.2) is 0 Å². The Kier molecular flexibility index (Phi) is 2.09. The largest absolute Gasteiger partial charge is 0.337 e. The molecule has 0 saturated heterocycles. The van der Waals surface area contributed by atoms with E-state index in [2.05, 4.69) is 0 Å². The number of carbonyl (C=O) groups is 1. The molecule has 0 bridgehead atoms. The fourth-order valence-electron chi connectivity index (χ4n) is 1.63. The molecule has 1 atom stereocenters. The lowest BCUT2D eigenvalue weighted by Gasteiger charge is -2.29. The van der Waals surface area contributed by atoms with E-state index in [9.17, 15) is 4.79 Å². The highest BCUT2D eigenvalue weighted by atomic mass is 32.1. The number of amides is 1. The van der Waals surface area contributed by atoms with Crippen LogP contribution in [0.2, 0.25) is 0 Å². The topological polar surface area (TPSA) is 46.3 Å². The van der Waals surface area contributed by atoms with Gasteiger partial charge in [-0.15, -0.1) is 11.3 Å². The number of hydrogen-bond acceptors (Lipinski definition) is 3. The first-order chi connectivity index (χ1) is 6.24. The molecule has 0 aliphatic carbocycles. The van der Waals surface area contributed by atoms with E-state index >= 15 is 0 Å². The van der Waals surface area contributed by atoms with Crippen LogP contribution in [0.15, 0.2) is 11.4 Å². The fraction of sp³-hybridized carbons (Fsp3) is 0.444. The highest BCUT2D eigenvalue weighted by Crippen LogP contribution is 2.29. The van der Waals surface area contributed by atoms with Gasteiger partial charge in [0.1, 0.15) is 0 Å². The van der Waals surface area contributed by atoms with Crippen LogP contribution in [0.4, 0.5) is 0 Å². The van der Waals surface area contributed by atoms with Gasteiger partial charge in [-0.3, -0.25) is 4.79 Å². The molecule has 0 fully saturated rings. The maximum Gasteiger partial charge on any atom is 0.255 e. The molecule has 2 rings (SSSR count). The van der Waals surface area contributed by atoms with Crippen molar-refractivity contribution in [2.75, 3.05) is 13.1 Å². The van der Waals surface area contributed by atoms with Gasteiger partial charge in [0, 0.05) is 18.0 Å². The van der Waals surface area contributed by atoms with Crippen LogP contribution in [0.1, 0.15) is 28.2 Å². The second kappa shape index (κ2) is 3.12. The van der Waals surface area contributed by atoms with Crippen LogP contribution in [-0.2, 0) is 0 Å². The molecule has 0 aromatic carbocycles. The zero-order chi connectivity index (χ0) is 9.42. The number of nitrogens with zero attached hydrogens (tertiary/aromatic N) is 1. The molecule has 1 amide bonds. The quantitative estimate of drug-likeness (QED) is 0.734. The summed E-state index contributed by atoms with van der Waals surface area (Å²) in [6.45, 7) is 3.37. The van der Waals surface area contributed by atoms with Crippen LogP contribution in [0, 0.1) is 0 Å². The summed E-state index contributed by atoms with van der Waals surface area (Å²) in [7, 11) is 0. The lowest BCUT2D eigenvalue weighted by molar-refractivity contribution is 0.0734. The zero-order valence-corrected chi connectivity index (χ0v) is 8.30. The summed E-state index contributed by atoms with van der Waals surface area (Å²) >= 11 is 1.58. The molecule has 0 spiro atoms. The normalized spacial score (nSPS) is 21.8. The van der Waals surface area contributed by atoms with Crippen LogP contribution in [0.25, 0.3) is 0 Å². The Morgan fingerprint density at radius 2 is 2.54 bits per heavy atom. The van der Waals surface area contributed by atoms with Crippen molar-refractivity contribution in [3.05, 3.63) is 21.9 Å². The van der Waals surface area contributed by atoms with E-state index in [0.29, 0.717) is 6.54 Å². The Labute approximate surface area is 81.2 Å². The number of carbonyl (C=O) groups excluding carboxylic acids is 1. The number of hydrogen-bond donors (Lipinski definition) is 1. The predicted molar refractivity (Wildman–Crippen MR) is 52.8 cm³/mol. The molecular formula is C9H12N2OS. The van der Waals surface area contributed by atoms with Gasteiger partial charge in [0.25, 0.3) is 5.91 Å². The van der Waals surface area contributed by atoms with Crippen molar-refractivity contribution >= 4 is 17.2 Å². The van der Waals surface area contributed by atoms with Crippen LogP contribution >= 0.6 is 11.3 Å². The summed E-state index contributed by atoms with van der Waals surface area (Å²) in [5.74, 6) is 0.125. The van der Waals surface area contributed by atoms with Crippen molar-refractivity contribution in [3.8, 4) is 0 Å². The third kappa shape index (κ3) is 1.26. The molecular weight excluding hydrogens is 184 g/mol. The molecule has 4 heteroatoms. The smallest absolute Gasteiger partial charge is 0.255 e. The van der Waals surface area contributed by atoms with E-state index < -0.39 is 0 Å². The molecule has 1 aromatic rings. The van der Waals surface area contributed by atoms with Gasteiger partial charge in [0.05, 0.1) is 11.6 Å². The first-order valence-corrected chi connectivity index (χ1v) is 5.24. The second-order valence-electron chi connectivity index (χ2n) is 3.15. The summed E-state index contributed by atoms with van der Waals surface area (Å²) in [6.07, 6.45) is 0. The first kappa shape index (κ1) is 8.72. The maximum absolute atomic E-state index is 11.7. The first-order valence-electron chi connectivity index (χ1n) is 4.36. The third-order valence-electron chi connectivity index (χ3n) is 2.35. The van der Waals surface area contributed by atoms with Crippen molar-refractivity contribution in [1.29, 1.82) is 0 Å². The lowest BCUT2D eigenvalue weighted by atomic mass is 10.1. The third-order valence-corrected chi connectivity index (χ3v) is 3.40. The van der Waals surface area contributed by atoms with Crippen LogP contribution < -0.4 is 5.73 Å². The van der Waals surface area contributed by atoms with Gasteiger partial charge in [-0.1, -0.05) is 0 Å². The zero-order valence-electron chi connectivity index (χ0n) is 7.49. The molecule has 2 N–H and O–H groups in total. The maximum atomic E-state index is 11.7. The molecule has 0 saturated carbocycles. The summed E-state index contributed by atoms with van der Waals surface area (Å²) in [5, 5.41) is 1.93. The Morgan fingerprint density at radius 1 is 1.77 bits per heavy atom. The van der Waals surface area contributed by atoms with E-state index in [1.165, 1.54) is 0 Å². The predicted octanol–water partition coefficient (Wildman–Crippen LogP) is 1.22. The van der Waals surface area contributed by atoms with Crippen molar-refractivity contribution in [2.45, 2.75) is 13.0 Å². The van der Waals surface area contributed by atoms with Crippen molar-refractivity contribution in [1.82, 2.24) is 4.90 Å². The molecule has 1 aliphatic rings. The van der Waals surface area contributed by atoms with E-state index in [1.54, 1.807) is 16.2 Å². The van der Waals surface area contributed by atoms with Gasteiger partial charge < -0.3 is 10.6 Å². The van der Waals surface area contributed by atoms with E-state index in [4.69, 9.17) is 5.73 Å². The molecule has 3 nitrogen and oxygen atoms in total. The molecule has 2 heterocycles. The molecule has 13 heavy (non-hydrogen) atoms. The van der Waals surface area contributed by atoms with E-state index in [-0.39, 0.29) is 11.9 Å². The summed E-state index contributed by atoms with van der Waals surface area (Å²) in [4.78, 5) is 14.6. The van der Waals surface area contributed by atoms with Gasteiger partial charge in [-0.05, 0) is 18.4 Å². The number of fused-ring (bicyclic) bond motifs is 1.